The first-order chi connectivity index (χ1) is 11.2. The van der Waals surface area contributed by atoms with E-state index >= 15 is 0 Å². The Hall–Kier alpha value is -2.78. The number of aromatic carboxylic acids is 2. The number of benzene rings is 1. The topological polar surface area (TPSA) is 158 Å². The Morgan fingerprint density at radius 3 is 2.00 bits per heavy atom. The molecule has 1 aromatic carbocycles. The van der Waals surface area contributed by atoms with Gasteiger partial charge in [0.25, 0.3) is 0 Å². The van der Waals surface area contributed by atoms with Gasteiger partial charge in [0.05, 0.1) is 29.9 Å². The zero-order valence-electron chi connectivity index (χ0n) is 12.7. The third-order valence-electron chi connectivity index (χ3n) is 3.62. The number of carboxylic acid groups (broad SMARTS) is 2. The summed E-state index contributed by atoms with van der Waals surface area (Å²) in [6.45, 7) is -0.0474. The highest BCUT2D eigenvalue weighted by molar-refractivity contribution is 6.07. The summed E-state index contributed by atoms with van der Waals surface area (Å²) in [6, 6.07) is 2.66. The average molecular weight is 340 g/mol. The minimum absolute atomic E-state index is 0.0180. The molecule has 9 nitrogen and oxygen atoms in total. The van der Waals surface area contributed by atoms with E-state index in [0.29, 0.717) is 0 Å². The third kappa shape index (κ3) is 3.76. The minimum atomic E-state index is -1.69. The van der Waals surface area contributed by atoms with Crippen LogP contribution in [0.15, 0.2) is 18.2 Å². The van der Waals surface area contributed by atoms with Gasteiger partial charge in [-0.1, -0.05) is 6.92 Å². The number of carbonyl (C=O) groups is 4. The molecule has 0 amide bonds. The van der Waals surface area contributed by atoms with Crippen molar-refractivity contribution >= 4 is 23.9 Å². The maximum Gasteiger partial charge on any atom is 0.346 e. The summed E-state index contributed by atoms with van der Waals surface area (Å²) in [4.78, 5) is 46.1. The molecule has 0 radical (unpaired) electrons. The lowest BCUT2D eigenvalue weighted by Gasteiger charge is -2.25. The van der Waals surface area contributed by atoms with Gasteiger partial charge in [-0.15, -0.1) is 0 Å². The average Bonchev–Trinajstić information content (AvgIpc) is 2.56. The molecule has 0 saturated heterocycles. The minimum Gasteiger partial charge on any atom is -0.478 e. The molecule has 24 heavy (non-hydrogen) atoms. The first kappa shape index (κ1) is 19.3. The van der Waals surface area contributed by atoms with Gasteiger partial charge in [-0.3, -0.25) is 4.79 Å². The summed E-state index contributed by atoms with van der Waals surface area (Å²) in [5.74, 6) is -5.50. The lowest BCUT2D eigenvalue weighted by Crippen LogP contribution is -2.40. The second-order valence-corrected chi connectivity index (χ2v) is 5.00. The Morgan fingerprint density at radius 2 is 1.58 bits per heavy atom. The summed E-state index contributed by atoms with van der Waals surface area (Å²) < 4.78 is 4.56. The van der Waals surface area contributed by atoms with E-state index < -0.39 is 53.6 Å². The number of rotatable bonds is 7. The molecule has 4 N–H and O–H groups in total. The molecule has 0 fully saturated rings. The van der Waals surface area contributed by atoms with Gasteiger partial charge in [0, 0.05) is 0 Å². The molecular formula is C15H16O9. The molecule has 0 heterocycles. The summed E-state index contributed by atoms with van der Waals surface area (Å²) >= 11 is 0. The van der Waals surface area contributed by atoms with Crippen LogP contribution in [0, 0.1) is 5.41 Å². The van der Waals surface area contributed by atoms with E-state index in [1.165, 1.54) is 6.92 Å². The molecule has 0 aliphatic carbocycles. The summed E-state index contributed by atoms with van der Waals surface area (Å²) in [7, 11) is 0. The van der Waals surface area contributed by atoms with Crippen LogP contribution in [0.1, 0.15) is 44.4 Å². The molecule has 0 atom stereocenters. The third-order valence-corrected chi connectivity index (χ3v) is 3.62. The fourth-order valence-electron chi connectivity index (χ4n) is 1.83. The lowest BCUT2D eigenvalue weighted by molar-refractivity contribution is -0.155. The van der Waals surface area contributed by atoms with Crippen molar-refractivity contribution in [2.45, 2.75) is 13.3 Å². The Morgan fingerprint density at radius 1 is 1.00 bits per heavy atom. The summed E-state index contributed by atoms with van der Waals surface area (Å²) in [5, 5.41) is 36.4. The molecule has 1 rings (SSSR count). The number of aliphatic hydroxyl groups is 2. The summed E-state index contributed by atoms with van der Waals surface area (Å²) in [6.07, 6.45) is -0.0180. The second-order valence-electron chi connectivity index (χ2n) is 5.00. The van der Waals surface area contributed by atoms with Gasteiger partial charge in [0.15, 0.2) is 0 Å². The van der Waals surface area contributed by atoms with Crippen LogP contribution in [-0.4, -0.2) is 57.5 Å². The van der Waals surface area contributed by atoms with Crippen molar-refractivity contribution in [1.82, 2.24) is 0 Å². The van der Waals surface area contributed by atoms with Crippen LogP contribution in [0.5, 0.6) is 0 Å². The van der Waals surface area contributed by atoms with Crippen LogP contribution < -0.4 is 0 Å². The zero-order valence-corrected chi connectivity index (χ0v) is 12.7. The van der Waals surface area contributed by atoms with E-state index in [0.717, 1.165) is 18.2 Å². The van der Waals surface area contributed by atoms with E-state index in [1.807, 2.05) is 0 Å². The molecule has 0 aliphatic rings. The van der Waals surface area contributed by atoms with Gasteiger partial charge in [-0.2, -0.15) is 0 Å². The number of hydrogen-bond donors (Lipinski definition) is 4. The van der Waals surface area contributed by atoms with Gasteiger partial charge in [-0.05, 0) is 24.6 Å². The van der Waals surface area contributed by atoms with Crippen molar-refractivity contribution in [3.05, 3.63) is 34.9 Å². The van der Waals surface area contributed by atoms with E-state index in [1.54, 1.807) is 0 Å². The van der Waals surface area contributed by atoms with Crippen LogP contribution in [0.2, 0.25) is 0 Å². The highest BCUT2D eigenvalue weighted by atomic mass is 16.6. The molecule has 9 heteroatoms. The van der Waals surface area contributed by atoms with Crippen LogP contribution in [0.25, 0.3) is 0 Å². The summed E-state index contributed by atoms with van der Waals surface area (Å²) in [5.41, 5.74) is -3.23. The van der Waals surface area contributed by atoms with Crippen molar-refractivity contribution < 1.29 is 44.3 Å². The molecule has 0 aromatic heterocycles. The standard InChI is InChI=1S/C15H16O9/c1-2-15(6-16,7-17)14(23)24-13(22)9-4-3-8(11(18)19)5-10(9)12(20)21/h3-5,16-17H,2,6-7H2,1H3,(H,18,19)(H,20,21). The van der Waals surface area contributed by atoms with Crippen molar-refractivity contribution in [2.24, 2.45) is 5.41 Å². The van der Waals surface area contributed by atoms with E-state index in [9.17, 15) is 29.4 Å². The van der Waals surface area contributed by atoms with Gasteiger partial charge in [-0.25, -0.2) is 14.4 Å². The van der Waals surface area contributed by atoms with Crippen molar-refractivity contribution in [2.75, 3.05) is 13.2 Å². The second kappa shape index (κ2) is 7.66. The van der Waals surface area contributed by atoms with Crippen molar-refractivity contribution in [3.63, 3.8) is 0 Å². The largest absolute Gasteiger partial charge is 0.478 e. The molecule has 0 bridgehead atoms. The van der Waals surface area contributed by atoms with Gasteiger partial charge in [0.2, 0.25) is 0 Å². The quantitative estimate of drug-likeness (QED) is 0.400. The van der Waals surface area contributed by atoms with Gasteiger partial charge < -0.3 is 25.2 Å². The maximum atomic E-state index is 12.0. The Kier molecular flexibility index (Phi) is 6.15. The van der Waals surface area contributed by atoms with Crippen LogP contribution >= 0.6 is 0 Å². The van der Waals surface area contributed by atoms with E-state index in [4.69, 9.17) is 10.2 Å². The van der Waals surface area contributed by atoms with Crippen molar-refractivity contribution in [3.8, 4) is 0 Å². The molecule has 0 unspecified atom stereocenters. The number of aliphatic hydroxyl groups excluding tert-OH is 2. The molecule has 0 spiro atoms. The zero-order chi connectivity index (χ0) is 18.5. The normalized spacial score (nSPS) is 11.0. The Bertz CT molecular complexity index is 665. The predicted molar refractivity (Wildman–Crippen MR) is 77.7 cm³/mol. The SMILES string of the molecule is CCC(CO)(CO)C(=O)OC(=O)c1ccc(C(=O)O)cc1C(=O)O. The molecule has 130 valence electrons. The Balaban J connectivity index is 3.18. The van der Waals surface area contributed by atoms with E-state index in [-0.39, 0.29) is 12.0 Å². The fourth-order valence-corrected chi connectivity index (χ4v) is 1.83. The maximum absolute atomic E-state index is 12.0. The highest BCUT2D eigenvalue weighted by Gasteiger charge is 2.39. The first-order valence-corrected chi connectivity index (χ1v) is 6.81. The number of ether oxygens (including phenoxy) is 1. The van der Waals surface area contributed by atoms with Gasteiger partial charge >= 0.3 is 23.9 Å². The lowest BCUT2D eigenvalue weighted by atomic mass is 9.87. The van der Waals surface area contributed by atoms with Gasteiger partial charge in [0.1, 0.15) is 5.41 Å². The van der Waals surface area contributed by atoms with E-state index in [2.05, 4.69) is 4.74 Å². The number of esters is 2. The smallest absolute Gasteiger partial charge is 0.346 e. The molecule has 0 aliphatic heterocycles. The Labute approximate surface area is 136 Å². The highest BCUT2D eigenvalue weighted by Crippen LogP contribution is 2.24. The van der Waals surface area contributed by atoms with Crippen LogP contribution in [-0.2, 0) is 9.53 Å². The molecule has 0 saturated carbocycles. The van der Waals surface area contributed by atoms with Crippen LogP contribution in [0.4, 0.5) is 0 Å². The fraction of sp³-hybridized carbons (Fsp3) is 0.333. The molecule has 1 aromatic rings. The number of hydrogen-bond acceptors (Lipinski definition) is 7. The van der Waals surface area contributed by atoms with Crippen molar-refractivity contribution in [1.29, 1.82) is 0 Å². The predicted octanol–water partition coefficient (Wildman–Crippen LogP) is 0.147. The monoisotopic (exact) mass is 340 g/mol. The van der Waals surface area contributed by atoms with Crippen LogP contribution in [0.3, 0.4) is 0 Å². The number of carbonyl (C=O) groups excluding carboxylic acids is 2. The first-order valence-electron chi connectivity index (χ1n) is 6.81. The number of carboxylic acids is 2. The molecular weight excluding hydrogens is 324 g/mol.